The zero-order valence-electron chi connectivity index (χ0n) is 17.6. The maximum absolute atomic E-state index is 6.60. The Balaban J connectivity index is 1.74. The molecular formula is C26H25NO3. The van der Waals surface area contributed by atoms with E-state index in [-0.39, 0.29) is 0 Å². The number of ether oxygens (including phenoxy) is 3. The van der Waals surface area contributed by atoms with Gasteiger partial charge in [-0.1, -0.05) is 43.7 Å². The molecule has 152 valence electrons. The van der Waals surface area contributed by atoms with Crippen LogP contribution in [0.4, 0.5) is 5.69 Å². The van der Waals surface area contributed by atoms with Gasteiger partial charge in [0.25, 0.3) is 0 Å². The summed E-state index contributed by atoms with van der Waals surface area (Å²) in [6.07, 6.45) is 2.12. The summed E-state index contributed by atoms with van der Waals surface area (Å²) in [5.74, 6) is 3.00. The minimum atomic E-state index is -0.805. The molecule has 3 aromatic carbocycles. The van der Waals surface area contributed by atoms with Gasteiger partial charge in [0, 0.05) is 29.7 Å². The van der Waals surface area contributed by atoms with E-state index in [9.17, 15) is 0 Å². The highest BCUT2D eigenvalue weighted by atomic mass is 16.5. The smallest absolute Gasteiger partial charge is 0.195 e. The highest BCUT2D eigenvalue weighted by Gasteiger charge is 2.49. The van der Waals surface area contributed by atoms with Gasteiger partial charge in [-0.15, -0.1) is 0 Å². The molecule has 0 bridgehead atoms. The van der Waals surface area contributed by atoms with Gasteiger partial charge < -0.3 is 14.2 Å². The summed E-state index contributed by atoms with van der Waals surface area (Å²) in [4.78, 5) is 4.66. The number of nitrogens with zero attached hydrogens (tertiary/aromatic N) is 1. The van der Waals surface area contributed by atoms with Crippen LogP contribution < -0.4 is 9.47 Å². The third-order valence-electron chi connectivity index (χ3n) is 5.70. The van der Waals surface area contributed by atoms with Crippen molar-refractivity contribution in [1.29, 1.82) is 0 Å². The van der Waals surface area contributed by atoms with Crippen LogP contribution in [0.15, 0.2) is 65.7 Å². The first-order valence-electron chi connectivity index (χ1n) is 10.5. The molecule has 3 aromatic rings. The molecule has 2 heterocycles. The van der Waals surface area contributed by atoms with Crippen molar-refractivity contribution in [2.45, 2.75) is 39.2 Å². The molecule has 2 aliphatic heterocycles. The van der Waals surface area contributed by atoms with E-state index in [2.05, 4.69) is 49.2 Å². The molecule has 0 amide bonds. The van der Waals surface area contributed by atoms with E-state index in [1.807, 2.05) is 37.3 Å². The average molecular weight is 399 g/mol. The number of hydrogen-bond donors (Lipinski definition) is 0. The number of aliphatic imine (C=N–C) groups is 1. The monoisotopic (exact) mass is 399 g/mol. The van der Waals surface area contributed by atoms with Crippen LogP contribution in [0.2, 0.25) is 0 Å². The minimum Gasteiger partial charge on any atom is -0.493 e. The molecule has 1 unspecified atom stereocenters. The van der Waals surface area contributed by atoms with Gasteiger partial charge in [0.05, 0.1) is 12.3 Å². The average Bonchev–Trinajstić information content (AvgIpc) is 2.73. The van der Waals surface area contributed by atoms with Gasteiger partial charge >= 0.3 is 0 Å². The largest absolute Gasteiger partial charge is 0.493 e. The molecule has 4 nitrogen and oxygen atoms in total. The molecule has 0 saturated heterocycles. The van der Waals surface area contributed by atoms with Gasteiger partial charge in [-0.25, -0.2) is 4.99 Å². The Morgan fingerprint density at radius 2 is 1.67 bits per heavy atom. The van der Waals surface area contributed by atoms with Crippen LogP contribution in [0.3, 0.4) is 0 Å². The number of rotatable bonds is 4. The minimum absolute atomic E-state index is 0.636. The predicted octanol–water partition coefficient (Wildman–Crippen LogP) is 6.65. The van der Waals surface area contributed by atoms with Crippen LogP contribution in [0.1, 0.15) is 48.9 Å². The highest BCUT2D eigenvalue weighted by molar-refractivity contribution is 5.84. The van der Waals surface area contributed by atoms with Gasteiger partial charge in [-0.2, -0.15) is 0 Å². The lowest BCUT2D eigenvalue weighted by molar-refractivity contribution is 0.121. The van der Waals surface area contributed by atoms with Crippen molar-refractivity contribution in [1.82, 2.24) is 0 Å². The van der Waals surface area contributed by atoms with Crippen molar-refractivity contribution < 1.29 is 14.2 Å². The molecule has 4 heteroatoms. The first kappa shape index (κ1) is 18.7. The normalized spacial score (nSPS) is 18.4. The number of hydrogen-bond acceptors (Lipinski definition) is 4. The van der Waals surface area contributed by atoms with Crippen LogP contribution in [0.5, 0.6) is 17.2 Å². The van der Waals surface area contributed by atoms with E-state index in [1.165, 1.54) is 0 Å². The van der Waals surface area contributed by atoms with Crippen molar-refractivity contribution in [2.24, 2.45) is 4.99 Å². The van der Waals surface area contributed by atoms with Crippen molar-refractivity contribution in [3.63, 3.8) is 0 Å². The second-order valence-electron chi connectivity index (χ2n) is 7.89. The van der Waals surface area contributed by atoms with E-state index in [4.69, 9.17) is 14.2 Å². The number of unbranched alkanes of at least 4 members (excludes halogenated alkanes) is 1. The lowest BCUT2D eigenvalue weighted by Gasteiger charge is -2.42. The standard InChI is InChI=1S/C26H25NO3/c1-4-5-14-28-19-11-13-22-25(16-19)29-24-15-17(2)10-12-21(24)26(22)20-8-6-7-9-23(20)27-18(3)30-26/h6-13,15-16H,4-5,14H2,1-3H3. The first-order chi connectivity index (χ1) is 14.6. The predicted molar refractivity (Wildman–Crippen MR) is 118 cm³/mol. The fraction of sp³-hybridized carbons (Fsp3) is 0.269. The zero-order valence-corrected chi connectivity index (χ0v) is 17.6. The van der Waals surface area contributed by atoms with E-state index in [1.54, 1.807) is 0 Å². The topological polar surface area (TPSA) is 40.0 Å². The molecule has 0 saturated carbocycles. The molecule has 2 aliphatic rings. The van der Waals surface area contributed by atoms with E-state index in [0.29, 0.717) is 12.5 Å². The summed E-state index contributed by atoms with van der Waals surface area (Å²) in [6.45, 7) is 6.83. The molecule has 0 aromatic heterocycles. The maximum atomic E-state index is 6.60. The summed E-state index contributed by atoms with van der Waals surface area (Å²) in [7, 11) is 0. The number of fused-ring (bicyclic) bond motifs is 6. The summed E-state index contributed by atoms with van der Waals surface area (Å²) in [6, 6.07) is 20.5. The number of benzene rings is 3. The summed E-state index contributed by atoms with van der Waals surface area (Å²) in [5.41, 5.74) is 4.22. The van der Waals surface area contributed by atoms with Crippen molar-refractivity contribution in [2.75, 3.05) is 6.61 Å². The Bertz CT molecular complexity index is 1150. The Morgan fingerprint density at radius 1 is 0.900 bits per heavy atom. The lowest BCUT2D eigenvalue weighted by Crippen LogP contribution is -2.39. The second kappa shape index (κ2) is 7.21. The lowest BCUT2D eigenvalue weighted by atomic mass is 9.76. The third kappa shape index (κ3) is 2.86. The Hall–Kier alpha value is -3.27. The SMILES string of the molecule is CCCCOc1ccc2c(c1)Oc1cc(C)ccc1C21OC(C)=Nc2ccccc21. The second-order valence-corrected chi connectivity index (χ2v) is 7.89. The summed E-state index contributed by atoms with van der Waals surface area (Å²) < 4.78 is 18.9. The van der Waals surface area contributed by atoms with Crippen LogP contribution in [-0.4, -0.2) is 12.5 Å². The van der Waals surface area contributed by atoms with Crippen molar-refractivity contribution >= 4 is 11.6 Å². The summed E-state index contributed by atoms with van der Waals surface area (Å²) in [5, 5.41) is 0. The van der Waals surface area contributed by atoms with Gasteiger partial charge in [0.15, 0.2) is 11.5 Å². The maximum Gasteiger partial charge on any atom is 0.195 e. The molecule has 0 fully saturated rings. The van der Waals surface area contributed by atoms with Crippen molar-refractivity contribution in [3.8, 4) is 17.2 Å². The van der Waals surface area contributed by atoms with Gasteiger partial charge in [0.1, 0.15) is 17.2 Å². The van der Waals surface area contributed by atoms with E-state index >= 15 is 0 Å². The molecule has 0 aliphatic carbocycles. The van der Waals surface area contributed by atoms with Gasteiger partial charge in [0.2, 0.25) is 0 Å². The molecule has 0 radical (unpaired) electrons. The molecule has 1 spiro atoms. The van der Waals surface area contributed by atoms with E-state index < -0.39 is 5.60 Å². The Labute approximate surface area is 177 Å². The highest BCUT2D eigenvalue weighted by Crippen LogP contribution is 2.56. The first-order valence-corrected chi connectivity index (χ1v) is 10.5. The molecule has 1 atom stereocenters. The zero-order chi connectivity index (χ0) is 20.7. The number of para-hydroxylation sites is 1. The number of aryl methyl sites for hydroxylation is 1. The molecule has 5 rings (SSSR count). The summed E-state index contributed by atoms with van der Waals surface area (Å²) >= 11 is 0. The van der Waals surface area contributed by atoms with Gasteiger partial charge in [-0.05, 0) is 43.2 Å². The van der Waals surface area contributed by atoms with Gasteiger partial charge in [-0.3, -0.25) is 0 Å². The Kier molecular flexibility index (Phi) is 4.50. The van der Waals surface area contributed by atoms with Crippen LogP contribution in [0.25, 0.3) is 0 Å². The van der Waals surface area contributed by atoms with Crippen LogP contribution in [0, 0.1) is 6.92 Å². The third-order valence-corrected chi connectivity index (χ3v) is 5.70. The fourth-order valence-corrected chi connectivity index (χ4v) is 4.31. The molecule has 30 heavy (non-hydrogen) atoms. The quantitative estimate of drug-likeness (QED) is 0.461. The van der Waals surface area contributed by atoms with E-state index in [0.717, 1.165) is 58.0 Å². The fourth-order valence-electron chi connectivity index (χ4n) is 4.31. The van der Waals surface area contributed by atoms with Crippen LogP contribution in [-0.2, 0) is 10.3 Å². The Morgan fingerprint density at radius 3 is 2.50 bits per heavy atom. The van der Waals surface area contributed by atoms with Crippen molar-refractivity contribution in [3.05, 3.63) is 82.9 Å². The molecular weight excluding hydrogens is 374 g/mol. The molecule has 0 N–H and O–H groups in total. The van der Waals surface area contributed by atoms with Crippen LogP contribution >= 0.6 is 0 Å².